The number of hydrogen-bond acceptors (Lipinski definition) is 8. The molecule has 0 spiro atoms. The Kier molecular flexibility index (Phi) is 8.96. The number of amides is 2. The van der Waals surface area contributed by atoms with Gasteiger partial charge in [0.25, 0.3) is 11.8 Å². The molecule has 3 aromatic rings. The number of carboxylic acid groups (broad SMARTS) is 1. The quantitative estimate of drug-likeness (QED) is 0.246. The number of thiophene rings is 1. The van der Waals surface area contributed by atoms with Crippen molar-refractivity contribution in [2.75, 3.05) is 18.4 Å². The van der Waals surface area contributed by atoms with E-state index in [0.717, 1.165) is 24.0 Å². The predicted molar refractivity (Wildman–Crippen MR) is 137 cm³/mol. The average Bonchev–Trinajstić information content (AvgIpc) is 3.24. The molecule has 1 unspecified atom stereocenters. The summed E-state index contributed by atoms with van der Waals surface area (Å²) < 4.78 is 0. The Morgan fingerprint density at radius 1 is 1.06 bits per heavy atom. The van der Waals surface area contributed by atoms with Crippen molar-refractivity contribution in [3.8, 4) is 5.75 Å². The van der Waals surface area contributed by atoms with Crippen molar-refractivity contribution in [3.63, 3.8) is 0 Å². The van der Waals surface area contributed by atoms with Crippen LogP contribution in [-0.2, 0) is 11.2 Å². The van der Waals surface area contributed by atoms with Gasteiger partial charge in [0.2, 0.25) is 5.95 Å². The minimum atomic E-state index is -1.32. The summed E-state index contributed by atoms with van der Waals surface area (Å²) in [5.74, 6) is -1.69. The monoisotopic (exact) mass is 511 g/mol. The van der Waals surface area contributed by atoms with Crippen LogP contribution in [0.25, 0.3) is 0 Å². The minimum absolute atomic E-state index is 0.187. The number of aliphatic carboxylic acids is 1. The number of rotatable bonds is 11. The highest BCUT2D eigenvalue weighted by Crippen LogP contribution is 2.16. The van der Waals surface area contributed by atoms with Gasteiger partial charge in [-0.2, -0.15) is 0 Å². The van der Waals surface area contributed by atoms with Crippen molar-refractivity contribution in [2.24, 2.45) is 0 Å². The van der Waals surface area contributed by atoms with Crippen LogP contribution in [0.15, 0.2) is 35.7 Å². The second-order valence-electron chi connectivity index (χ2n) is 8.30. The summed E-state index contributed by atoms with van der Waals surface area (Å²) in [4.78, 5) is 46.1. The number of carboxylic acids is 1. The fraction of sp³-hybridized carbons (Fsp3) is 0.320. The zero-order chi connectivity index (χ0) is 26.2. The molecule has 2 aromatic heterocycles. The molecule has 0 aliphatic carbocycles. The zero-order valence-corrected chi connectivity index (χ0v) is 21.1. The first-order valence-electron chi connectivity index (χ1n) is 11.4. The molecule has 0 aliphatic heterocycles. The number of aryl methyl sites for hydroxylation is 4. The summed E-state index contributed by atoms with van der Waals surface area (Å²) in [6, 6.07) is 7.56. The van der Waals surface area contributed by atoms with E-state index in [2.05, 4.69) is 25.9 Å². The fourth-order valence-corrected chi connectivity index (χ4v) is 4.48. The number of nitrogens with zero attached hydrogens (tertiary/aromatic N) is 2. The summed E-state index contributed by atoms with van der Waals surface area (Å²) in [5, 5.41) is 29.0. The maximum absolute atomic E-state index is 12.9. The first-order valence-corrected chi connectivity index (χ1v) is 12.3. The van der Waals surface area contributed by atoms with E-state index in [9.17, 15) is 24.6 Å². The lowest BCUT2D eigenvalue weighted by atomic mass is 10.1. The van der Waals surface area contributed by atoms with E-state index in [4.69, 9.17) is 0 Å². The number of phenols is 1. The summed E-state index contributed by atoms with van der Waals surface area (Å²) >= 11 is 1.26. The molecular formula is C25H29N5O5S. The van der Waals surface area contributed by atoms with Crippen LogP contribution in [0.3, 0.4) is 0 Å². The Balaban J connectivity index is 1.57. The second kappa shape index (κ2) is 12.1. The second-order valence-corrected chi connectivity index (χ2v) is 9.22. The van der Waals surface area contributed by atoms with Gasteiger partial charge in [0.05, 0.1) is 21.8 Å². The number of nitrogens with one attached hydrogen (secondary N) is 3. The highest BCUT2D eigenvalue weighted by molar-refractivity contribution is 7.12. The number of aromatic hydroxyl groups is 1. The van der Waals surface area contributed by atoms with Gasteiger partial charge >= 0.3 is 5.97 Å². The molecule has 0 radical (unpaired) electrons. The van der Waals surface area contributed by atoms with Gasteiger partial charge < -0.3 is 26.2 Å². The Hall–Kier alpha value is -3.99. The normalized spacial score (nSPS) is 11.5. The fourth-order valence-electron chi connectivity index (χ4n) is 3.64. The summed E-state index contributed by atoms with van der Waals surface area (Å²) in [6.07, 6.45) is 1.54. The van der Waals surface area contributed by atoms with Crippen molar-refractivity contribution in [1.82, 2.24) is 20.6 Å². The molecule has 2 amide bonds. The third-order valence-corrected chi connectivity index (χ3v) is 6.49. The molecule has 11 heteroatoms. The van der Waals surface area contributed by atoms with Crippen LogP contribution in [0, 0.1) is 20.8 Å². The molecule has 0 fully saturated rings. The molecular weight excluding hydrogens is 482 g/mol. The van der Waals surface area contributed by atoms with E-state index in [1.54, 1.807) is 50.4 Å². The van der Waals surface area contributed by atoms with E-state index in [-0.39, 0.29) is 17.9 Å². The van der Waals surface area contributed by atoms with E-state index in [1.807, 2.05) is 6.07 Å². The van der Waals surface area contributed by atoms with Crippen molar-refractivity contribution < 1.29 is 24.6 Å². The highest BCUT2D eigenvalue weighted by Gasteiger charge is 2.25. The molecule has 190 valence electrons. The van der Waals surface area contributed by atoms with Crippen molar-refractivity contribution in [2.45, 2.75) is 39.7 Å². The van der Waals surface area contributed by atoms with E-state index in [0.29, 0.717) is 28.8 Å². The largest absolute Gasteiger partial charge is 0.508 e. The number of benzene rings is 1. The Bertz CT molecular complexity index is 1240. The van der Waals surface area contributed by atoms with Gasteiger partial charge in [-0.05, 0) is 68.3 Å². The molecule has 0 aliphatic rings. The Labute approximate surface area is 212 Å². The van der Waals surface area contributed by atoms with Gasteiger partial charge in [0.1, 0.15) is 11.8 Å². The number of hydrogen-bond donors (Lipinski definition) is 5. The maximum atomic E-state index is 12.9. The lowest BCUT2D eigenvalue weighted by molar-refractivity contribution is -0.139. The van der Waals surface area contributed by atoms with Gasteiger partial charge in [0.15, 0.2) is 0 Å². The molecule has 0 bridgehead atoms. The lowest BCUT2D eigenvalue weighted by Gasteiger charge is -2.17. The third kappa shape index (κ3) is 7.01. The van der Waals surface area contributed by atoms with Crippen molar-refractivity contribution >= 4 is 35.1 Å². The molecule has 0 saturated heterocycles. The topological polar surface area (TPSA) is 154 Å². The summed E-state index contributed by atoms with van der Waals surface area (Å²) in [7, 11) is 0. The number of aromatic nitrogens is 2. The van der Waals surface area contributed by atoms with Crippen LogP contribution in [-0.4, -0.2) is 57.1 Å². The standard InChI is InChI=1S/C25H29N5O5S/c1-14-9-11-36-21(14)23(33)27-13-19(24(34)35)30-22(32)20-15(2)28-25(29-16(20)3)26-10-5-7-17-6-4-8-18(31)12-17/h4,6,8-9,11-12,19,31H,5,7,10,13H2,1-3H3,(H,27,33)(H,30,32)(H,34,35)(H,26,28,29). The van der Waals surface area contributed by atoms with E-state index < -0.39 is 23.8 Å². The third-order valence-electron chi connectivity index (χ3n) is 5.47. The zero-order valence-electron chi connectivity index (χ0n) is 20.3. The molecule has 1 atom stereocenters. The van der Waals surface area contributed by atoms with Gasteiger partial charge in [-0.15, -0.1) is 11.3 Å². The molecule has 3 rings (SSSR count). The first kappa shape index (κ1) is 26.6. The lowest BCUT2D eigenvalue weighted by Crippen LogP contribution is -2.48. The molecule has 0 saturated carbocycles. The van der Waals surface area contributed by atoms with Gasteiger partial charge in [0, 0.05) is 13.1 Å². The minimum Gasteiger partial charge on any atom is -0.508 e. The summed E-state index contributed by atoms with van der Waals surface area (Å²) in [5.41, 5.74) is 2.80. The Morgan fingerprint density at radius 3 is 2.39 bits per heavy atom. The smallest absolute Gasteiger partial charge is 0.328 e. The number of carbonyl (C=O) groups is 3. The average molecular weight is 512 g/mol. The van der Waals surface area contributed by atoms with Crippen LogP contribution in [0.1, 0.15) is 49.0 Å². The van der Waals surface area contributed by atoms with Crippen LogP contribution in [0.5, 0.6) is 5.75 Å². The van der Waals surface area contributed by atoms with Crippen LogP contribution in [0.2, 0.25) is 0 Å². The molecule has 5 N–H and O–H groups in total. The Morgan fingerprint density at radius 2 is 1.78 bits per heavy atom. The van der Waals surface area contributed by atoms with Gasteiger partial charge in [-0.1, -0.05) is 12.1 Å². The molecule has 10 nitrogen and oxygen atoms in total. The van der Waals surface area contributed by atoms with Gasteiger partial charge in [-0.25, -0.2) is 14.8 Å². The van der Waals surface area contributed by atoms with Crippen LogP contribution in [0.4, 0.5) is 5.95 Å². The number of carbonyl (C=O) groups excluding carboxylic acids is 2. The predicted octanol–water partition coefficient (Wildman–Crippen LogP) is 2.83. The molecule has 36 heavy (non-hydrogen) atoms. The number of anilines is 1. The summed E-state index contributed by atoms with van der Waals surface area (Å²) in [6.45, 7) is 5.41. The van der Waals surface area contributed by atoms with Gasteiger partial charge in [-0.3, -0.25) is 9.59 Å². The molecule has 1 aromatic carbocycles. The van der Waals surface area contributed by atoms with Crippen molar-refractivity contribution in [1.29, 1.82) is 0 Å². The SMILES string of the molecule is Cc1ccsc1C(=O)NCC(NC(=O)c1c(C)nc(NCCCc2cccc(O)c2)nc1C)C(=O)O. The van der Waals surface area contributed by atoms with Crippen LogP contribution >= 0.6 is 11.3 Å². The molecule has 2 heterocycles. The first-order chi connectivity index (χ1) is 17.2. The van der Waals surface area contributed by atoms with Crippen LogP contribution < -0.4 is 16.0 Å². The number of phenolic OH excluding ortho intramolecular Hbond substituents is 1. The van der Waals surface area contributed by atoms with Crippen molar-refractivity contribution in [3.05, 3.63) is 68.7 Å². The highest BCUT2D eigenvalue weighted by atomic mass is 32.1. The maximum Gasteiger partial charge on any atom is 0.328 e. The van der Waals surface area contributed by atoms with E-state index in [1.165, 1.54) is 11.3 Å². The van der Waals surface area contributed by atoms with E-state index >= 15 is 0 Å².